The molecular weight excluding hydrogens is 255 g/mol. The second-order valence-electron chi connectivity index (χ2n) is 6.31. The molecule has 102 valence electrons. The number of hydrogen-bond acceptors (Lipinski definition) is 3. The first-order chi connectivity index (χ1) is 7.64. The molecule has 0 aliphatic rings. The van der Waals surface area contributed by atoms with Crippen molar-refractivity contribution in [1.29, 1.82) is 0 Å². The molecule has 0 fully saturated rings. The van der Waals surface area contributed by atoms with Crippen molar-refractivity contribution in [3.8, 4) is 0 Å². The first-order valence-electron chi connectivity index (χ1n) is 6.25. The zero-order valence-electron chi connectivity index (χ0n) is 12.2. The molecule has 0 atom stereocenters. The summed E-state index contributed by atoms with van der Waals surface area (Å²) in [4.78, 5) is 0. The Labute approximate surface area is 116 Å². The zero-order chi connectivity index (χ0) is 13.7. The van der Waals surface area contributed by atoms with Gasteiger partial charge in [0.2, 0.25) is 0 Å². The summed E-state index contributed by atoms with van der Waals surface area (Å²) in [6, 6.07) is 0. The maximum atomic E-state index is 5.90. The first kappa shape index (κ1) is 17.5. The van der Waals surface area contributed by atoms with Gasteiger partial charge in [-0.05, 0) is 0 Å². The Kier molecular flexibility index (Phi) is 7.35. The van der Waals surface area contributed by atoms with Crippen molar-refractivity contribution in [3.63, 3.8) is 0 Å². The van der Waals surface area contributed by atoms with Gasteiger partial charge in [0.05, 0.1) is 0 Å². The van der Waals surface area contributed by atoms with Crippen LogP contribution in [0.2, 0.25) is 0 Å². The number of ether oxygens (including phenoxy) is 2. The van der Waals surface area contributed by atoms with Gasteiger partial charge < -0.3 is 0 Å². The zero-order valence-corrected chi connectivity index (χ0v) is 13.6. The van der Waals surface area contributed by atoms with Crippen LogP contribution in [0.4, 0.5) is 0 Å². The third-order valence-electron chi connectivity index (χ3n) is 2.25. The minimum absolute atomic E-state index is 0.246. The Balaban J connectivity index is 4.76. The third kappa shape index (κ3) is 5.76. The predicted molar refractivity (Wildman–Crippen MR) is 64.9 cm³/mol. The normalized spacial score (nSPS) is 13.7. The summed E-state index contributed by atoms with van der Waals surface area (Å²) in [5, 5.41) is 0. The summed E-state index contributed by atoms with van der Waals surface area (Å²) >= 11 is 2.12. The van der Waals surface area contributed by atoms with E-state index in [2.05, 4.69) is 66.2 Å². The number of rotatable bonds is 7. The maximum absolute atomic E-state index is 5.90. The van der Waals surface area contributed by atoms with Gasteiger partial charge in [0, 0.05) is 0 Å². The molecule has 0 aromatic carbocycles. The van der Waals surface area contributed by atoms with Crippen LogP contribution in [0.5, 0.6) is 0 Å². The van der Waals surface area contributed by atoms with Crippen molar-refractivity contribution in [2.45, 2.75) is 54.4 Å². The molecule has 0 unspecified atom stereocenters. The molecule has 0 bridgehead atoms. The van der Waals surface area contributed by atoms with Crippen molar-refractivity contribution in [2.24, 2.45) is 17.3 Å². The summed E-state index contributed by atoms with van der Waals surface area (Å²) in [5.74, 6) is -0.0919. The van der Waals surface area contributed by atoms with Crippen LogP contribution in [-0.2, 0) is 30.9 Å². The molecule has 0 saturated carbocycles. The van der Waals surface area contributed by atoms with Gasteiger partial charge in [0.1, 0.15) is 0 Å². The fraction of sp³-hybridized carbons (Fsp3) is 1.00. The van der Waals surface area contributed by atoms with E-state index in [1.54, 1.807) is 0 Å². The van der Waals surface area contributed by atoms with E-state index >= 15 is 0 Å². The van der Waals surface area contributed by atoms with Gasteiger partial charge in [-0.15, -0.1) is 0 Å². The Morgan fingerprint density at radius 1 is 0.882 bits per heavy atom. The van der Waals surface area contributed by atoms with Crippen LogP contribution in [0.1, 0.15) is 48.5 Å². The molecular formula is C13H27O3V. The van der Waals surface area contributed by atoms with Crippen molar-refractivity contribution in [3.05, 3.63) is 0 Å². The van der Waals surface area contributed by atoms with E-state index in [4.69, 9.17) is 13.1 Å². The minimum atomic E-state index is -0.985. The third-order valence-corrected chi connectivity index (χ3v) is 2.63. The molecule has 0 amide bonds. The molecule has 3 nitrogen and oxygen atoms in total. The van der Waals surface area contributed by atoms with Crippen molar-refractivity contribution in [1.82, 2.24) is 0 Å². The molecule has 0 aromatic heterocycles. The molecule has 0 saturated heterocycles. The van der Waals surface area contributed by atoms with Crippen LogP contribution in [0, 0.1) is 17.3 Å². The van der Waals surface area contributed by atoms with Gasteiger partial charge in [-0.1, -0.05) is 0 Å². The fourth-order valence-electron chi connectivity index (χ4n) is 1.22. The van der Waals surface area contributed by atoms with Crippen LogP contribution in [0.15, 0.2) is 0 Å². The molecule has 0 aliphatic carbocycles. The first-order valence-corrected chi connectivity index (χ1v) is 6.82. The van der Waals surface area contributed by atoms with Crippen molar-refractivity contribution >= 4 is 0 Å². The summed E-state index contributed by atoms with van der Waals surface area (Å²) in [6.07, 6.45) is 0. The fourth-order valence-corrected chi connectivity index (χ4v) is 1.81. The monoisotopic (exact) mass is 282 g/mol. The van der Waals surface area contributed by atoms with E-state index in [1.165, 1.54) is 0 Å². The summed E-state index contributed by atoms with van der Waals surface area (Å²) in [7, 11) is 0. The average molecular weight is 282 g/mol. The van der Waals surface area contributed by atoms with Gasteiger partial charge in [-0.2, -0.15) is 0 Å². The second-order valence-corrected chi connectivity index (χ2v) is 6.59. The number of hydrogen-bond donors (Lipinski definition) is 0. The second kappa shape index (κ2) is 7.15. The Morgan fingerprint density at radius 3 is 1.41 bits per heavy atom. The van der Waals surface area contributed by atoms with E-state index in [1.807, 2.05) is 0 Å². The Bertz CT molecular complexity index is 197. The Hall–Kier alpha value is 0.464. The Morgan fingerprint density at radius 2 is 1.24 bits per heavy atom. The van der Waals surface area contributed by atoms with Gasteiger partial charge in [-0.25, -0.2) is 0 Å². The molecule has 0 aliphatic heterocycles. The van der Waals surface area contributed by atoms with Crippen LogP contribution < -0.4 is 0 Å². The predicted octanol–water partition coefficient (Wildman–Crippen LogP) is 3.51. The molecule has 0 spiro atoms. The van der Waals surface area contributed by atoms with Crippen LogP contribution in [-0.4, -0.2) is 19.2 Å². The summed E-state index contributed by atoms with van der Waals surface area (Å²) in [5.41, 5.74) is -0.246. The van der Waals surface area contributed by atoms with Crippen molar-refractivity contribution in [2.75, 3.05) is 13.2 Å². The molecule has 0 radical (unpaired) electrons. The summed E-state index contributed by atoms with van der Waals surface area (Å²) < 4.78 is 17.3. The van der Waals surface area contributed by atoms with Gasteiger partial charge in [-0.3, -0.25) is 0 Å². The molecule has 4 heteroatoms. The van der Waals surface area contributed by atoms with E-state index in [0.29, 0.717) is 25.0 Å². The average Bonchev–Trinajstić information content (AvgIpc) is 2.15. The van der Waals surface area contributed by atoms with Gasteiger partial charge in [0.25, 0.3) is 0 Å². The van der Waals surface area contributed by atoms with E-state index in [-0.39, 0.29) is 5.41 Å². The van der Waals surface area contributed by atoms with Crippen LogP contribution in [0.3, 0.4) is 0 Å². The molecule has 0 aromatic rings. The van der Waals surface area contributed by atoms with E-state index in [9.17, 15) is 0 Å². The van der Waals surface area contributed by atoms with Crippen molar-refractivity contribution < 1.29 is 30.9 Å². The van der Waals surface area contributed by atoms with E-state index < -0.39 is 5.97 Å². The molecule has 17 heavy (non-hydrogen) atoms. The van der Waals surface area contributed by atoms with Gasteiger partial charge >= 0.3 is 116 Å². The molecule has 0 heterocycles. The van der Waals surface area contributed by atoms with Gasteiger partial charge in [0.15, 0.2) is 0 Å². The topological polar surface area (TPSA) is 27.7 Å². The quantitative estimate of drug-likeness (QED) is 0.669. The van der Waals surface area contributed by atoms with E-state index in [0.717, 1.165) is 0 Å². The molecule has 0 N–H and O–H groups in total. The molecule has 0 rings (SSSR count). The SMILES string of the molecule is CC(C)COC([O][V])(OCC(C)C)C(C)(C)C. The summed E-state index contributed by atoms with van der Waals surface area (Å²) in [6.45, 7) is 15.9. The van der Waals surface area contributed by atoms with Crippen LogP contribution >= 0.6 is 0 Å². The standard InChI is InChI=1S/C13H27O3.V/c1-10(2)8-15-13(14,12(5,6)7)16-9-11(3)4;/h10-11H,8-9H2,1-7H3;/q-1;+1. The van der Waals surface area contributed by atoms with Crippen LogP contribution in [0.25, 0.3) is 0 Å².